The number of carbonyl (C=O) groups is 1. The van der Waals surface area contributed by atoms with E-state index in [1.54, 1.807) is 44.8 Å². The molecular formula is C23H31NO4S. The van der Waals surface area contributed by atoms with E-state index >= 15 is 0 Å². The molecule has 0 bridgehead atoms. The third-order valence-electron chi connectivity index (χ3n) is 5.64. The number of hydrogen-bond acceptors (Lipinski definition) is 6. The van der Waals surface area contributed by atoms with Gasteiger partial charge in [0.25, 0.3) is 0 Å². The van der Waals surface area contributed by atoms with Crippen LogP contribution in [0.15, 0.2) is 17.5 Å². The minimum absolute atomic E-state index is 0.119. The number of aromatic nitrogens is 1. The van der Waals surface area contributed by atoms with E-state index in [0.717, 1.165) is 5.01 Å². The van der Waals surface area contributed by atoms with Crippen molar-refractivity contribution < 1.29 is 19.0 Å². The lowest BCUT2D eigenvalue weighted by atomic mass is 9.93. The Morgan fingerprint density at radius 1 is 0.897 bits per heavy atom. The third-order valence-corrected chi connectivity index (χ3v) is 6.64. The van der Waals surface area contributed by atoms with E-state index in [1.165, 1.54) is 57.8 Å². The molecule has 0 spiro atoms. The second kappa shape index (κ2) is 10.6. The van der Waals surface area contributed by atoms with E-state index in [0.29, 0.717) is 34.4 Å². The maximum atomic E-state index is 13.1. The van der Waals surface area contributed by atoms with Crippen LogP contribution < -0.4 is 14.2 Å². The molecule has 0 aliphatic heterocycles. The molecule has 0 saturated heterocycles. The van der Waals surface area contributed by atoms with Gasteiger partial charge in [0, 0.05) is 16.9 Å². The summed E-state index contributed by atoms with van der Waals surface area (Å²) < 4.78 is 16.1. The fourth-order valence-corrected chi connectivity index (χ4v) is 4.97. The van der Waals surface area contributed by atoms with E-state index in [4.69, 9.17) is 19.2 Å². The largest absolute Gasteiger partial charge is 0.493 e. The van der Waals surface area contributed by atoms with Crippen LogP contribution in [-0.4, -0.2) is 32.1 Å². The van der Waals surface area contributed by atoms with Crippen molar-refractivity contribution >= 4 is 17.1 Å². The molecule has 0 unspecified atom stereocenters. The quantitative estimate of drug-likeness (QED) is 0.539. The van der Waals surface area contributed by atoms with Gasteiger partial charge < -0.3 is 14.2 Å². The first-order chi connectivity index (χ1) is 14.2. The Balaban J connectivity index is 1.81. The minimum Gasteiger partial charge on any atom is -0.493 e. The summed E-state index contributed by atoms with van der Waals surface area (Å²) in [6.45, 7) is 0. The molecule has 1 aliphatic rings. The van der Waals surface area contributed by atoms with Crippen molar-refractivity contribution in [2.75, 3.05) is 21.3 Å². The number of methoxy groups -OCH3 is 3. The van der Waals surface area contributed by atoms with E-state index < -0.39 is 0 Å². The summed E-state index contributed by atoms with van der Waals surface area (Å²) in [5, 5.41) is 2.99. The number of carbonyl (C=O) groups excluding carboxylic acids is 1. The first-order valence-electron chi connectivity index (χ1n) is 10.5. The zero-order chi connectivity index (χ0) is 20.6. The van der Waals surface area contributed by atoms with Gasteiger partial charge in [-0.05, 0) is 25.0 Å². The van der Waals surface area contributed by atoms with Crippen molar-refractivity contribution in [2.24, 2.45) is 0 Å². The van der Waals surface area contributed by atoms with Crippen LogP contribution in [0.2, 0.25) is 0 Å². The van der Waals surface area contributed by atoms with Crippen molar-refractivity contribution in [2.45, 2.75) is 63.7 Å². The summed E-state index contributed by atoms with van der Waals surface area (Å²) in [6.07, 6.45) is 11.5. The zero-order valence-electron chi connectivity index (χ0n) is 17.7. The molecule has 0 atom stereocenters. The summed E-state index contributed by atoms with van der Waals surface area (Å²) in [7, 11) is 4.64. The maximum absolute atomic E-state index is 13.1. The fourth-order valence-electron chi connectivity index (χ4n) is 4.00. The summed E-state index contributed by atoms with van der Waals surface area (Å²) >= 11 is 1.62. The monoisotopic (exact) mass is 417 g/mol. The highest BCUT2D eigenvalue weighted by molar-refractivity contribution is 7.10. The molecule has 1 aliphatic carbocycles. The minimum atomic E-state index is -0.119. The average molecular weight is 418 g/mol. The normalized spacial score (nSPS) is 16.2. The third kappa shape index (κ3) is 5.30. The van der Waals surface area contributed by atoms with Gasteiger partial charge in [0.1, 0.15) is 5.69 Å². The number of hydrogen-bond donors (Lipinski definition) is 0. The molecule has 0 radical (unpaired) electrons. The standard InChI is InChI=1S/C23H31NO4S/c1-26-19-13-17(14-20(27-2)22(19)28-3)21(25)18-15-29-23(24-18)16-11-9-7-5-4-6-8-10-12-16/h13-16H,4-12H2,1-3H3. The molecule has 2 aromatic rings. The molecule has 3 rings (SSSR count). The van der Waals surface area contributed by atoms with Gasteiger partial charge in [-0.15, -0.1) is 11.3 Å². The molecule has 0 amide bonds. The predicted molar refractivity (Wildman–Crippen MR) is 116 cm³/mol. The first-order valence-corrected chi connectivity index (χ1v) is 11.4. The van der Waals surface area contributed by atoms with Crippen LogP contribution in [0.4, 0.5) is 0 Å². The first kappa shape index (κ1) is 21.6. The Morgan fingerprint density at radius 2 is 1.45 bits per heavy atom. The lowest BCUT2D eigenvalue weighted by Gasteiger charge is -2.16. The van der Waals surface area contributed by atoms with E-state index in [9.17, 15) is 4.79 Å². The molecule has 29 heavy (non-hydrogen) atoms. The van der Waals surface area contributed by atoms with Gasteiger partial charge in [0.15, 0.2) is 11.5 Å². The average Bonchev–Trinajstić information content (AvgIpc) is 3.25. The number of rotatable bonds is 6. The molecule has 6 heteroatoms. The molecular weight excluding hydrogens is 386 g/mol. The Morgan fingerprint density at radius 3 is 1.97 bits per heavy atom. The number of thiazole rings is 1. The second-order valence-electron chi connectivity index (χ2n) is 7.56. The van der Waals surface area contributed by atoms with Crippen LogP contribution in [0.1, 0.15) is 84.8 Å². The van der Waals surface area contributed by atoms with Gasteiger partial charge >= 0.3 is 0 Å². The van der Waals surface area contributed by atoms with Gasteiger partial charge in [-0.3, -0.25) is 4.79 Å². The highest BCUT2D eigenvalue weighted by Gasteiger charge is 2.22. The SMILES string of the molecule is COc1cc(C(=O)c2csc(C3CCCCCCCCC3)n2)cc(OC)c1OC. The number of benzene rings is 1. The fraction of sp³-hybridized carbons (Fsp3) is 0.565. The number of ether oxygens (including phenoxy) is 3. The molecule has 1 aromatic carbocycles. The highest BCUT2D eigenvalue weighted by Crippen LogP contribution is 2.39. The van der Waals surface area contributed by atoms with E-state index in [2.05, 4.69) is 0 Å². The summed E-state index contributed by atoms with van der Waals surface area (Å²) in [4.78, 5) is 17.8. The molecule has 0 N–H and O–H groups in total. The van der Waals surface area contributed by atoms with Crippen molar-refractivity contribution in [3.63, 3.8) is 0 Å². The molecule has 1 saturated carbocycles. The van der Waals surface area contributed by atoms with Crippen molar-refractivity contribution in [3.8, 4) is 17.2 Å². The number of ketones is 1. The van der Waals surface area contributed by atoms with Gasteiger partial charge in [0.2, 0.25) is 11.5 Å². The summed E-state index contributed by atoms with van der Waals surface area (Å²) in [5.74, 6) is 1.77. The van der Waals surface area contributed by atoms with Gasteiger partial charge in [-0.1, -0.05) is 44.9 Å². The van der Waals surface area contributed by atoms with E-state index in [-0.39, 0.29) is 5.78 Å². The number of nitrogens with zero attached hydrogens (tertiary/aromatic N) is 1. The zero-order valence-corrected chi connectivity index (χ0v) is 18.5. The van der Waals surface area contributed by atoms with Crippen LogP contribution in [0.3, 0.4) is 0 Å². The molecule has 158 valence electrons. The Kier molecular flexibility index (Phi) is 7.92. The van der Waals surface area contributed by atoms with Crippen molar-refractivity contribution in [3.05, 3.63) is 33.8 Å². The Labute approximate surface area is 177 Å². The summed E-state index contributed by atoms with van der Waals surface area (Å²) in [6, 6.07) is 3.37. The molecule has 1 heterocycles. The second-order valence-corrected chi connectivity index (χ2v) is 8.45. The van der Waals surface area contributed by atoms with Crippen molar-refractivity contribution in [1.82, 2.24) is 4.98 Å². The van der Waals surface area contributed by atoms with Crippen LogP contribution >= 0.6 is 11.3 Å². The predicted octanol–water partition coefficient (Wildman–Crippen LogP) is 6.01. The maximum Gasteiger partial charge on any atom is 0.212 e. The summed E-state index contributed by atoms with van der Waals surface area (Å²) in [5.41, 5.74) is 0.985. The highest BCUT2D eigenvalue weighted by atomic mass is 32.1. The molecule has 1 aromatic heterocycles. The van der Waals surface area contributed by atoms with Crippen LogP contribution in [0.5, 0.6) is 17.2 Å². The topological polar surface area (TPSA) is 57.7 Å². The van der Waals surface area contributed by atoms with Crippen LogP contribution in [0, 0.1) is 0 Å². The van der Waals surface area contributed by atoms with Gasteiger partial charge in [-0.25, -0.2) is 4.98 Å². The van der Waals surface area contributed by atoms with Crippen molar-refractivity contribution in [1.29, 1.82) is 0 Å². The Bertz CT molecular complexity index is 782. The Hall–Kier alpha value is -2.08. The molecule has 1 fully saturated rings. The molecule has 5 nitrogen and oxygen atoms in total. The van der Waals surface area contributed by atoms with E-state index in [1.807, 2.05) is 5.38 Å². The smallest absolute Gasteiger partial charge is 0.212 e. The van der Waals surface area contributed by atoms with Gasteiger partial charge in [0.05, 0.1) is 26.3 Å². The van der Waals surface area contributed by atoms with Gasteiger partial charge in [-0.2, -0.15) is 0 Å². The van der Waals surface area contributed by atoms with Crippen LogP contribution in [-0.2, 0) is 0 Å². The lowest BCUT2D eigenvalue weighted by molar-refractivity contribution is 0.103. The van der Waals surface area contributed by atoms with Crippen LogP contribution in [0.25, 0.3) is 0 Å². The lowest BCUT2D eigenvalue weighted by Crippen LogP contribution is -2.06.